The summed E-state index contributed by atoms with van der Waals surface area (Å²) in [5.74, 6) is 5.48. The summed E-state index contributed by atoms with van der Waals surface area (Å²) in [6.07, 6.45) is 3.09. The van der Waals surface area contributed by atoms with Gasteiger partial charge in [0, 0.05) is 24.1 Å². The maximum atomic E-state index is 13.8. The van der Waals surface area contributed by atoms with E-state index in [0.29, 0.717) is 22.7 Å². The second-order valence-electron chi connectivity index (χ2n) is 9.92. The number of hydrogen-bond donors (Lipinski definition) is 1. The molecule has 1 aromatic heterocycles. The van der Waals surface area contributed by atoms with E-state index in [1.165, 1.54) is 14.2 Å². The molecular formula is C27H35N3O6. The summed E-state index contributed by atoms with van der Waals surface area (Å²) in [6.45, 7) is 5.24. The van der Waals surface area contributed by atoms with E-state index in [4.69, 9.17) is 20.1 Å². The second-order valence-corrected chi connectivity index (χ2v) is 9.92. The third-order valence-electron chi connectivity index (χ3n) is 6.18. The van der Waals surface area contributed by atoms with Gasteiger partial charge in [0.15, 0.2) is 0 Å². The van der Waals surface area contributed by atoms with E-state index < -0.39 is 23.6 Å². The van der Waals surface area contributed by atoms with Crippen molar-refractivity contribution in [1.29, 1.82) is 0 Å². The molecule has 1 aliphatic carbocycles. The van der Waals surface area contributed by atoms with Crippen LogP contribution in [-0.4, -0.2) is 42.7 Å². The predicted molar refractivity (Wildman–Crippen MR) is 135 cm³/mol. The molecule has 9 nitrogen and oxygen atoms in total. The molecule has 1 unspecified atom stereocenters. The van der Waals surface area contributed by atoms with Gasteiger partial charge in [-0.15, -0.1) is 0 Å². The quantitative estimate of drug-likeness (QED) is 0.243. The fourth-order valence-electron chi connectivity index (χ4n) is 4.44. The lowest BCUT2D eigenvalue weighted by Gasteiger charge is -2.28. The maximum absolute atomic E-state index is 13.8. The second kappa shape index (κ2) is 11.5. The van der Waals surface area contributed by atoms with Crippen molar-refractivity contribution in [1.82, 2.24) is 4.98 Å². The van der Waals surface area contributed by atoms with Crippen LogP contribution in [0.2, 0.25) is 0 Å². The first-order valence-corrected chi connectivity index (χ1v) is 12.1. The summed E-state index contributed by atoms with van der Waals surface area (Å²) in [6, 6.07) is 10.1. The lowest BCUT2D eigenvalue weighted by molar-refractivity contribution is -0.124. The van der Waals surface area contributed by atoms with Crippen LogP contribution in [0.4, 0.5) is 10.5 Å². The number of ketones is 1. The fraction of sp³-hybridized carbons (Fsp3) is 0.481. The van der Waals surface area contributed by atoms with Gasteiger partial charge in [0.05, 0.1) is 25.8 Å². The Bertz CT molecular complexity index is 1100. The first-order valence-electron chi connectivity index (χ1n) is 12.1. The van der Waals surface area contributed by atoms with Gasteiger partial charge in [-0.25, -0.2) is 25.4 Å². The van der Waals surface area contributed by atoms with E-state index in [0.717, 1.165) is 30.7 Å². The molecule has 2 N–H and O–H groups in total. The molecule has 0 spiro atoms. The van der Waals surface area contributed by atoms with Crippen LogP contribution in [0.25, 0.3) is 0 Å². The number of Topliss-reactive ketones (excluding diaryl/α,β-unsaturated/α-hetero) is 1. The van der Waals surface area contributed by atoms with Gasteiger partial charge in [0.25, 0.3) is 0 Å². The molecule has 0 aliphatic heterocycles. The first kappa shape index (κ1) is 27.1. The Labute approximate surface area is 211 Å². The molecule has 1 saturated carbocycles. The molecule has 1 aliphatic rings. The van der Waals surface area contributed by atoms with Crippen LogP contribution in [0, 0.1) is 5.92 Å². The van der Waals surface area contributed by atoms with Crippen LogP contribution in [0.1, 0.15) is 74.1 Å². The SMILES string of the molecule is COC(=O)c1cccc(CC(C(=O)C2CCCC2)c2ccc(OC)cc2N(N)C(=O)OC(C)(C)C)n1. The van der Waals surface area contributed by atoms with Crippen LogP contribution in [0.5, 0.6) is 5.75 Å². The molecule has 194 valence electrons. The highest BCUT2D eigenvalue weighted by Gasteiger charge is 2.34. The summed E-state index contributed by atoms with van der Waals surface area (Å²) in [7, 11) is 2.80. The number of hydrazine groups is 1. The molecule has 0 radical (unpaired) electrons. The third-order valence-corrected chi connectivity index (χ3v) is 6.18. The maximum Gasteiger partial charge on any atom is 0.429 e. The number of pyridine rings is 1. The molecule has 36 heavy (non-hydrogen) atoms. The van der Waals surface area contributed by atoms with Gasteiger partial charge in [-0.2, -0.15) is 0 Å². The Kier molecular flexibility index (Phi) is 8.68. The number of benzene rings is 1. The van der Waals surface area contributed by atoms with Crippen LogP contribution in [0.15, 0.2) is 36.4 Å². The van der Waals surface area contributed by atoms with Crippen molar-refractivity contribution < 1.29 is 28.6 Å². The van der Waals surface area contributed by atoms with Crippen LogP contribution in [0.3, 0.4) is 0 Å². The van der Waals surface area contributed by atoms with Crippen molar-refractivity contribution in [3.63, 3.8) is 0 Å². The zero-order valence-electron chi connectivity index (χ0n) is 21.6. The van der Waals surface area contributed by atoms with Crippen molar-refractivity contribution >= 4 is 23.5 Å². The lowest BCUT2D eigenvalue weighted by atomic mass is 9.82. The normalized spacial score (nSPS) is 14.7. The van der Waals surface area contributed by atoms with Gasteiger partial charge in [-0.05, 0) is 57.4 Å². The molecular weight excluding hydrogens is 462 g/mol. The highest BCUT2D eigenvalue weighted by atomic mass is 16.6. The Balaban J connectivity index is 2.07. The number of rotatable bonds is 8. The topological polar surface area (TPSA) is 121 Å². The number of methoxy groups -OCH3 is 2. The van der Waals surface area contributed by atoms with Crippen LogP contribution < -0.4 is 15.6 Å². The summed E-state index contributed by atoms with van der Waals surface area (Å²) in [5.41, 5.74) is 0.823. The molecule has 1 aromatic carbocycles. The summed E-state index contributed by atoms with van der Waals surface area (Å²) < 4.78 is 15.6. The number of esters is 1. The molecule has 0 saturated heterocycles. The van der Waals surface area contributed by atoms with E-state index >= 15 is 0 Å². The van der Waals surface area contributed by atoms with Gasteiger partial charge in [0.2, 0.25) is 0 Å². The number of amides is 1. The largest absolute Gasteiger partial charge is 0.497 e. The number of aromatic nitrogens is 1. The fourth-order valence-corrected chi connectivity index (χ4v) is 4.44. The zero-order chi connectivity index (χ0) is 26.5. The average Bonchev–Trinajstić information content (AvgIpc) is 3.40. The van der Waals surface area contributed by atoms with E-state index in [9.17, 15) is 14.4 Å². The highest BCUT2D eigenvalue weighted by Crippen LogP contribution is 2.38. The van der Waals surface area contributed by atoms with Gasteiger partial charge in [0.1, 0.15) is 22.8 Å². The number of ether oxygens (including phenoxy) is 3. The number of nitrogens with two attached hydrogens (primary N) is 1. The molecule has 2 aromatic rings. The van der Waals surface area contributed by atoms with Gasteiger partial charge >= 0.3 is 12.1 Å². The predicted octanol–water partition coefficient (Wildman–Crippen LogP) is 4.58. The minimum Gasteiger partial charge on any atom is -0.497 e. The molecule has 1 atom stereocenters. The van der Waals surface area contributed by atoms with Gasteiger partial charge in [-0.3, -0.25) is 4.79 Å². The standard InChI is InChI=1S/C27H35N3O6/c1-27(2,3)36-26(33)30(28)23-16-19(34-4)13-14-20(23)21(24(31)17-9-6-7-10-17)15-18-11-8-12-22(29-18)25(32)35-5/h8,11-14,16-17,21H,6-7,9-10,15,28H2,1-5H3. The first-order chi connectivity index (χ1) is 17.0. The number of carbonyl (C=O) groups excluding carboxylic acids is 3. The van der Waals surface area contributed by atoms with E-state index in [2.05, 4.69) is 4.98 Å². The number of hydrogen-bond acceptors (Lipinski definition) is 8. The molecule has 1 fully saturated rings. The molecule has 1 heterocycles. The molecule has 0 bridgehead atoms. The van der Waals surface area contributed by atoms with E-state index in [-0.39, 0.29) is 23.8 Å². The van der Waals surface area contributed by atoms with Crippen molar-refractivity contribution in [3.05, 3.63) is 53.3 Å². The number of carbonyl (C=O) groups is 3. The van der Waals surface area contributed by atoms with E-state index in [1.807, 2.05) is 0 Å². The van der Waals surface area contributed by atoms with Crippen molar-refractivity contribution in [2.24, 2.45) is 11.8 Å². The minimum absolute atomic E-state index is 0.0572. The van der Waals surface area contributed by atoms with Gasteiger partial charge < -0.3 is 14.2 Å². The highest BCUT2D eigenvalue weighted by molar-refractivity contribution is 5.94. The van der Waals surface area contributed by atoms with Gasteiger partial charge in [-0.1, -0.05) is 25.0 Å². The van der Waals surface area contributed by atoms with Crippen LogP contribution >= 0.6 is 0 Å². The van der Waals surface area contributed by atoms with Crippen molar-refractivity contribution in [2.75, 3.05) is 19.2 Å². The average molecular weight is 498 g/mol. The molecule has 3 rings (SSSR count). The Hall–Kier alpha value is -3.46. The van der Waals surface area contributed by atoms with E-state index in [1.54, 1.807) is 57.2 Å². The third kappa shape index (κ3) is 6.60. The van der Waals surface area contributed by atoms with Crippen LogP contribution in [-0.2, 0) is 20.7 Å². The summed E-state index contributed by atoms with van der Waals surface area (Å²) in [5, 5.41) is 0.913. The van der Waals surface area contributed by atoms with Crippen molar-refractivity contribution in [3.8, 4) is 5.75 Å². The zero-order valence-corrected chi connectivity index (χ0v) is 21.6. The Morgan fingerprint density at radius 2 is 1.81 bits per heavy atom. The monoisotopic (exact) mass is 497 g/mol. The smallest absolute Gasteiger partial charge is 0.429 e. The summed E-state index contributed by atoms with van der Waals surface area (Å²) in [4.78, 5) is 43.1. The lowest BCUT2D eigenvalue weighted by Crippen LogP contribution is -2.42. The Morgan fingerprint density at radius 1 is 1.11 bits per heavy atom. The Morgan fingerprint density at radius 3 is 2.42 bits per heavy atom. The molecule has 1 amide bonds. The molecule has 9 heteroatoms. The minimum atomic E-state index is -0.759. The van der Waals surface area contributed by atoms with Crippen molar-refractivity contribution in [2.45, 2.75) is 64.4 Å². The number of anilines is 1. The number of nitrogens with zero attached hydrogens (tertiary/aromatic N) is 2. The summed E-state index contributed by atoms with van der Waals surface area (Å²) >= 11 is 0.